The summed E-state index contributed by atoms with van der Waals surface area (Å²) < 4.78 is 14.1. The van der Waals surface area contributed by atoms with Gasteiger partial charge in [0.2, 0.25) is 5.82 Å². The van der Waals surface area contributed by atoms with Crippen molar-refractivity contribution < 1.29 is 9.31 Å². The van der Waals surface area contributed by atoms with Gasteiger partial charge in [0.05, 0.1) is 4.92 Å². The van der Waals surface area contributed by atoms with Crippen LogP contribution in [0.4, 0.5) is 10.1 Å². The number of nitrogens with two attached hydrogens (primary N) is 1. The summed E-state index contributed by atoms with van der Waals surface area (Å²) in [7, 11) is 0. The lowest BCUT2D eigenvalue weighted by atomic mass is 9.72. The molecule has 1 aromatic rings. The lowest BCUT2D eigenvalue weighted by molar-refractivity contribution is -0.387. The van der Waals surface area contributed by atoms with E-state index in [9.17, 15) is 14.5 Å². The van der Waals surface area contributed by atoms with Crippen LogP contribution in [0.1, 0.15) is 44.6 Å². The predicted molar refractivity (Wildman–Crippen MR) is 75.9 cm³/mol. The fraction of sp³-hybridized carbons (Fsp3) is 0.600. The van der Waals surface area contributed by atoms with Crippen molar-refractivity contribution in [3.63, 3.8) is 0 Å². The molecular weight excluding hydrogens is 259 g/mol. The number of nitrogens with zero attached hydrogens (tertiary/aromatic N) is 1. The zero-order valence-corrected chi connectivity index (χ0v) is 11.8. The van der Waals surface area contributed by atoms with Gasteiger partial charge in [-0.25, -0.2) is 0 Å². The molecule has 2 rings (SSSR count). The lowest BCUT2D eigenvalue weighted by Crippen LogP contribution is -2.46. The molecule has 0 radical (unpaired) electrons. The van der Waals surface area contributed by atoms with E-state index in [0.29, 0.717) is 17.9 Å². The second-order valence-corrected chi connectivity index (χ2v) is 5.92. The Morgan fingerprint density at radius 1 is 1.55 bits per heavy atom. The van der Waals surface area contributed by atoms with E-state index in [1.54, 1.807) is 6.07 Å². The highest BCUT2D eigenvalue weighted by Gasteiger charge is 2.33. The molecule has 2 atom stereocenters. The number of rotatable bonds is 4. The summed E-state index contributed by atoms with van der Waals surface area (Å²) in [5.74, 6) is -0.156. The minimum absolute atomic E-state index is 0.360. The Labute approximate surface area is 118 Å². The second kappa shape index (κ2) is 5.87. The highest BCUT2D eigenvalue weighted by atomic mass is 19.1. The smallest absolute Gasteiger partial charge is 0.305 e. The Morgan fingerprint density at radius 2 is 2.30 bits per heavy atom. The number of hydrogen-bond acceptors (Lipinski definition) is 3. The van der Waals surface area contributed by atoms with Crippen molar-refractivity contribution in [1.82, 2.24) is 0 Å². The van der Waals surface area contributed by atoms with E-state index >= 15 is 0 Å². The fourth-order valence-electron chi connectivity index (χ4n) is 3.25. The molecule has 0 heterocycles. The third kappa shape index (κ3) is 3.15. The van der Waals surface area contributed by atoms with Crippen LogP contribution in [0.3, 0.4) is 0 Å². The Bertz CT molecular complexity index is 507. The molecule has 4 nitrogen and oxygen atoms in total. The summed E-state index contributed by atoms with van der Waals surface area (Å²) in [5, 5.41) is 10.8. The number of nitro groups is 1. The van der Waals surface area contributed by atoms with Crippen LogP contribution in [0.25, 0.3) is 0 Å². The molecule has 1 aromatic carbocycles. The quantitative estimate of drug-likeness (QED) is 0.677. The summed E-state index contributed by atoms with van der Waals surface area (Å²) in [6, 6.07) is 4.32. The van der Waals surface area contributed by atoms with Gasteiger partial charge in [0.1, 0.15) is 0 Å². The first-order valence-corrected chi connectivity index (χ1v) is 7.16. The van der Waals surface area contributed by atoms with Gasteiger partial charge in [-0.05, 0) is 30.7 Å². The van der Waals surface area contributed by atoms with Crippen LogP contribution >= 0.6 is 0 Å². The predicted octanol–water partition coefficient (Wildman–Crippen LogP) is 3.57. The van der Waals surface area contributed by atoms with E-state index in [4.69, 9.17) is 5.73 Å². The van der Waals surface area contributed by atoms with Gasteiger partial charge in [0, 0.05) is 11.6 Å². The molecule has 1 fully saturated rings. The van der Waals surface area contributed by atoms with Crippen molar-refractivity contribution in [3.05, 3.63) is 39.7 Å². The van der Waals surface area contributed by atoms with E-state index in [-0.39, 0.29) is 0 Å². The molecular formula is C15H21FN2O2. The fourth-order valence-corrected chi connectivity index (χ4v) is 3.25. The molecule has 2 N–H and O–H groups in total. The van der Waals surface area contributed by atoms with Gasteiger partial charge in [-0.2, -0.15) is 4.39 Å². The van der Waals surface area contributed by atoms with E-state index in [1.165, 1.54) is 18.6 Å². The molecule has 1 aliphatic rings. The molecule has 0 bridgehead atoms. The maximum Gasteiger partial charge on any atom is 0.305 e. The van der Waals surface area contributed by atoms with Crippen molar-refractivity contribution >= 4 is 5.69 Å². The van der Waals surface area contributed by atoms with Crippen molar-refractivity contribution in [3.8, 4) is 0 Å². The van der Waals surface area contributed by atoms with Crippen molar-refractivity contribution in [2.45, 2.75) is 51.0 Å². The highest BCUT2D eigenvalue weighted by molar-refractivity contribution is 5.37. The molecule has 0 aromatic heterocycles. The highest BCUT2D eigenvalue weighted by Crippen LogP contribution is 2.35. The van der Waals surface area contributed by atoms with Gasteiger partial charge in [-0.1, -0.05) is 38.3 Å². The van der Waals surface area contributed by atoms with Gasteiger partial charge >= 0.3 is 5.69 Å². The summed E-state index contributed by atoms with van der Waals surface area (Å²) >= 11 is 0. The Kier molecular flexibility index (Phi) is 4.38. The number of benzene rings is 1. The average molecular weight is 280 g/mol. The Hall–Kier alpha value is -1.49. The van der Waals surface area contributed by atoms with Crippen molar-refractivity contribution in [1.29, 1.82) is 0 Å². The number of hydrogen-bond donors (Lipinski definition) is 1. The SMILES string of the molecule is CCC1CCCC(N)(Cc2cccc([N+](=O)[O-])c2F)C1. The molecule has 0 spiro atoms. The largest absolute Gasteiger partial charge is 0.325 e. The first kappa shape index (κ1) is 14.9. The minimum Gasteiger partial charge on any atom is -0.325 e. The van der Waals surface area contributed by atoms with Crippen molar-refractivity contribution in [2.75, 3.05) is 0 Å². The van der Waals surface area contributed by atoms with Crippen LogP contribution in [0.5, 0.6) is 0 Å². The van der Waals surface area contributed by atoms with E-state index in [1.807, 2.05) is 0 Å². The summed E-state index contributed by atoms with van der Waals surface area (Å²) in [5.41, 5.74) is 5.88. The van der Waals surface area contributed by atoms with E-state index in [2.05, 4.69) is 6.92 Å². The maximum absolute atomic E-state index is 14.1. The van der Waals surface area contributed by atoms with Gasteiger partial charge in [-0.3, -0.25) is 10.1 Å². The van der Waals surface area contributed by atoms with Gasteiger partial charge in [0.15, 0.2) is 0 Å². The van der Waals surface area contributed by atoms with Crippen LogP contribution in [0.2, 0.25) is 0 Å². The Balaban J connectivity index is 2.21. The third-order valence-corrected chi connectivity index (χ3v) is 4.36. The van der Waals surface area contributed by atoms with Gasteiger partial charge in [-0.15, -0.1) is 0 Å². The standard InChI is InChI=1S/C15H21FN2O2/c1-2-11-5-4-8-15(17,9-11)10-12-6-3-7-13(14(12)16)18(19)20/h3,6-7,11H,2,4-5,8-10,17H2,1H3. The molecule has 0 aliphatic heterocycles. The summed E-state index contributed by atoms with van der Waals surface area (Å²) in [6.07, 6.45) is 5.39. The maximum atomic E-state index is 14.1. The molecule has 1 saturated carbocycles. The Morgan fingerprint density at radius 3 is 2.95 bits per heavy atom. The third-order valence-electron chi connectivity index (χ3n) is 4.36. The molecule has 1 aliphatic carbocycles. The summed E-state index contributed by atoms with van der Waals surface area (Å²) in [4.78, 5) is 10.1. The van der Waals surface area contributed by atoms with Crippen molar-refractivity contribution in [2.24, 2.45) is 11.7 Å². The van der Waals surface area contributed by atoms with Crippen LogP contribution in [0, 0.1) is 21.8 Å². The lowest BCUT2D eigenvalue weighted by Gasteiger charge is -2.38. The van der Waals surface area contributed by atoms with Gasteiger partial charge in [0.25, 0.3) is 0 Å². The monoisotopic (exact) mass is 280 g/mol. The van der Waals surface area contributed by atoms with Crippen LogP contribution in [-0.2, 0) is 6.42 Å². The van der Waals surface area contributed by atoms with Crippen LogP contribution in [0.15, 0.2) is 18.2 Å². The van der Waals surface area contributed by atoms with Crippen LogP contribution in [-0.4, -0.2) is 10.5 Å². The number of nitro benzene ring substituents is 1. The summed E-state index contributed by atoms with van der Waals surface area (Å²) in [6.45, 7) is 2.14. The van der Waals surface area contributed by atoms with Crippen LogP contribution < -0.4 is 5.73 Å². The first-order valence-electron chi connectivity index (χ1n) is 7.16. The minimum atomic E-state index is -0.735. The number of halogens is 1. The molecule has 5 heteroatoms. The normalized spacial score (nSPS) is 26.4. The zero-order valence-electron chi connectivity index (χ0n) is 11.8. The average Bonchev–Trinajstić information content (AvgIpc) is 2.40. The second-order valence-electron chi connectivity index (χ2n) is 5.92. The van der Waals surface area contributed by atoms with Gasteiger partial charge < -0.3 is 5.73 Å². The topological polar surface area (TPSA) is 69.2 Å². The molecule has 0 amide bonds. The molecule has 110 valence electrons. The molecule has 0 saturated heterocycles. The van der Waals surface area contributed by atoms with E-state index in [0.717, 1.165) is 25.7 Å². The molecule has 2 unspecified atom stereocenters. The first-order chi connectivity index (χ1) is 9.45. The van der Waals surface area contributed by atoms with E-state index < -0.39 is 22.0 Å². The zero-order chi connectivity index (χ0) is 14.8. The molecule has 20 heavy (non-hydrogen) atoms.